The smallest absolute Gasteiger partial charge is 0.109 e. The Morgan fingerprint density at radius 3 is 1.57 bits per heavy atom. The van der Waals surface area contributed by atoms with E-state index < -0.39 is 0 Å². The van der Waals surface area contributed by atoms with Gasteiger partial charge in [0, 0.05) is 0 Å². The van der Waals surface area contributed by atoms with Crippen LogP contribution in [0.5, 0.6) is 0 Å². The third-order valence-corrected chi connectivity index (χ3v) is 10.9. The van der Waals surface area contributed by atoms with Gasteiger partial charge in [-0.1, -0.05) is 45.8 Å². The van der Waals surface area contributed by atoms with Crippen molar-refractivity contribution in [1.82, 2.24) is 0 Å². The summed E-state index contributed by atoms with van der Waals surface area (Å²) in [4.78, 5) is 0. The molecule has 0 aliphatic heterocycles. The molecule has 23 heavy (non-hydrogen) atoms. The zero-order valence-corrected chi connectivity index (χ0v) is 17.1. The summed E-state index contributed by atoms with van der Waals surface area (Å²) in [6, 6.07) is 0. The lowest BCUT2D eigenvalue weighted by Crippen LogP contribution is -2.28. The van der Waals surface area contributed by atoms with E-state index >= 15 is 0 Å². The van der Waals surface area contributed by atoms with Gasteiger partial charge < -0.3 is 4.74 Å². The maximum absolute atomic E-state index is 7.15. The van der Waals surface area contributed by atoms with Crippen LogP contribution in [0.2, 0.25) is 23.3 Å². The van der Waals surface area contributed by atoms with Gasteiger partial charge in [0.2, 0.25) is 0 Å². The topological polar surface area (TPSA) is 9.23 Å². The second kappa shape index (κ2) is 3.81. The van der Waals surface area contributed by atoms with Crippen LogP contribution in [-0.4, -0.2) is 42.6 Å². The van der Waals surface area contributed by atoms with Gasteiger partial charge >= 0.3 is 0 Å². The molecule has 2 spiro atoms. The molecule has 0 heterocycles. The average Bonchev–Trinajstić information content (AvgIpc) is 3.32. The van der Waals surface area contributed by atoms with Crippen LogP contribution in [0.3, 0.4) is 0 Å². The van der Waals surface area contributed by atoms with Crippen LogP contribution >= 0.6 is 0 Å². The summed E-state index contributed by atoms with van der Waals surface area (Å²) in [5.41, 5.74) is 2.03. The predicted octanol–water partition coefficient (Wildman–Crippen LogP) is 1.07. The first-order valence-electron chi connectivity index (χ1n) is 10.1. The van der Waals surface area contributed by atoms with E-state index in [1.165, 1.54) is 12.8 Å². The van der Waals surface area contributed by atoms with Gasteiger partial charge in [-0.25, -0.2) is 0 Å². The van der Waals surface area contributed by atoms with Crippen molar-refractivity contribution >= 4 is 31.4 Å². The molecule has 0 aromatic heterocycles. The van der Waals surface area contributed by atoms with Gasteiger partial charge in [0.15, 0.2) is 0 Å². The molecule has 0 N–H and O–H groups in total. The minimum Gasteiger partial charge on any atom is -0.369 e. The van der Waals surface area contributed by atoms with Gasteiger partial charge in [-0.3, -0.25) is 0 Å². The lowest BCUT2D eigenvalue weighted by molar-refractivity contribution is -0.0576. The van der Waals surface area contributed by atoms with E-state index in [9.17, 15) is 0 Å². The summed E-state index contributed by atoms with van der Waals surface area (Å²) < 4.78 is 7.15. The number of rotatable bonds is 4. The lowest BCUT2D eigenvalue weighted by atomic mass is 9.90. The Bertz CT molecular complexity index is 596. The van der Waals surface area contributed by atoms with Crippen LogP contribution in [0.15, 0.2) is 0 Å². The minimum absolute atomic E-state index is 0.0951. The summed E-state index contributed by atoms with van der Waals surface area (Å²) in [6.45, 7) is 14.7. The summed E-state index contributed by atoms with van der Waals surface area (Å²) in [7, 11) is 9.83. The quantitative estimate of drug-likeness (QED) is 0.706. The van der Waals surface area contributed by atoms with Crippen LogP contribution in [-0.2, 0) is 4.74 Å². The standard InChI is InChI=1S/C18H34B4O/c1-7-8-14(4)10(20)18(14)12(22)16(18,6)23-15(5)11(21)17(15)9(19)13(17,2)3/h9-12H,7-8,19-22H2,1-6H3. The summed E-state index contributed by atoms with van der Waals surface area (Å²) in [6.07, 6.45) is 2.66. The average molecular weight is 310 g/mol. The molecule has 0 bridgehead atoms. The molecule has 0 amide bonds. The fraction of sp³-hybridized carbons (Fsp3) is 1.00. The SMILES string of the molecule is BC1C(C)(C)C12C(B)C2(C)OC1(C)C(B)C12C(B)C2(C)CCC. The maximum atomic E-state index is 7.15. The second-order valence-corrected chi connectivity index (χ2v) is 10.8. The summed E-state index contributed by atoms with van der Waals surface area (Å²) in [5.74, 6) is 3.02. The predicted molar refractivity (Wildman–Crippen MR) is 109 cm³/mol. The van der Waals surface area contributed by atoms with Crippen molar-refractivity contribution < 1.29 is 4.74 Å². The summed E-state index contributed by atoms with van der Waals surface area (Å²) >= 11 is 0. The minimum atomic E-state index is 0.0951. The zero-order valence-electron chi connectivity index (χ0n) is 17.1. The van der Waals surface area contributed by atoms with E-state index in [0.717, 1.165) is 11.6 Å². The first-order valence-corrected chi connectivity index (χ1v) is 10.1. The van der Waals surface area contributed by atoms with Crippen molar-refractivity contribution in [3.63, 3.8) is 0 Å². The first kappa shape index (κ1) is 16.7. The van der Waals surface area contributed by atoms with Crippen LogP contribution < -0.4 is 0 Å². The highest BCUT2D eigenvalue weighted by atomic mass is 16.5. The van der Waals surface area contributed by atoms with Crippen LogP contribution in [0.4, 0.5) is 0 Å². The fourth-order valence-electron chi connectivity index (χ4n) is 9.29. The Labute approximate surface area is 147 Å². The zero-order chi connectivity index (χ0) is 17.4. The van der Waals surface area contributed by atoms with Crippen LogP contribution in [0.1, 0.15) is 54.4 Å². The molecule has 0 aromatic carbocycles. The monoisotopic (exact) mass is 310 g/mol. The van der Waals surface area contributed by atoms with E-state index in [2.05, 4.69) is 72.9 Å². The second-order valence-electron chi connectivity index (χ2n) is 10.8. The van der Waals surface area contributed by atoms with Crippen molar-refractivity contribution in [3.8, 4) is 0 Å². The molecule has 9 unspecified atom stereocenters. The number of hydrogen-bond donors (Lipinski definition) is 0. The first-order chi connectivity index (χ1) is 10.4. The van der Waals surface area contributed by atoms with Crippen LogP contribution in [0, 0.1) is 21.7 Å². The molecule has 5 heteroatoms. The molecule has 124 valence electrons. The Morgan fingerprint density at radius 2 is 1.17 bits per heavy atom. The molecule has 4 aliphatic carbocycles. The van der Waals surface area contributed by atoms with E-state index in [1.807, 2.05) is 0 Å². The third-order valence-electron chi connectivity index (χ3n) is 10.9. The third kappa shape index (κ3) is 1.22. The maximum Gasteiger partial charge on any atom is 0.109 e. The molecule has 0 radical (unpaired) electrons. The Morgan fingerprint density at radius 1 is 0.739 bits per heavy atom. The Balaban J connectivity index is 1.61. The lowest BCUT2D eigenvalue weighted by Gasteiger charge is -2.24. The van der Waals surface area contributed by atoms with E-state index in [-0.39, 0.29) is 11.2 Å². The van der Waals surface area contributed by atoms with Gasteiger partial charge in [0.25, 0.3) is 0 Å². The summed E-state index contributed by atoms with van der Waals surface area (Å²) in [5, 5.41) is 0. The Hall–Kier alpha value is 0.220. The van der Waals surface area contributed by atoms with Gasteiger partial charge in [0.1, 0.15) is 31.4 Å². The van der Waals surface area contributed by atoms with Crippen LogP contribution in [0.25, 0.3) is 0 Å². The Kier molecular flexibility index (Phi) is 2.76. The highest BCUT2D eigenvalue weighted by Gasteiger charge is 2.97. The molecule has 4 rings (SSSR count). The molecule has 0 aromatic rings. The van der Waals surface area contributed by atoms with E-state index in [1.54, 1.807) is 0 Å². The van der Waals surface area contributed by atoms with Crippen molar-refractivity contribution in [3.05, 3.63) is 0 Å². The molecular weight excluding hydrogens is 275 g/mol. The molecular formula is C18H34B4O. The highest BCUT2D eigenvalue weighted by molar-refractivity contribution is 6.24. The number of hydrogen-bond acceptors (Lipinski definition) is 1. The largest absolute Gasteiger partial charge is 0.369 e. The van der Waals surface area contributed by atoms with Gasteiger partial charge in [0.05, 0.1) is 11.2 Å². The van der Waals surface area contributed by atoms with Crippen molar-refractivity contribution in [1.29, 1.82) is 0 Å². The van der Waals surface area contributed by atoms with E-state index in [0.29, 0.717) is 33.3 Å². The number of ether oxygens (including phenoxy) is 1. The molecule has 4 fully saturated rings. The van der Waals surface area contributed by atoms with E-state index in [4.69, 9.17) is 4.74 Å². The molecule has 4 aliphatic rings. The highest BCUT2D eigenvalue weighted by Crippen LogP contribution is 3.00. The fourth-order valence-corrected chi connectivity index (χ4v) is 9.29. The van der Waals surface area contributed by atoms with Gasteiger partial charge in [-0.2, -0.15) is 0 Å². The van der Waals surface area contributed by atoms with Gasteiger partial charge in [-0.05, 0) is 53.6 Å². The molecule has 1 nitrogen and oxygen atoms in total. The molecule has 0 saturated heterocycles. The molecule has 4 saturated carbocycles. The van der Waals surface area contributed by atoms with Gasteiger partial charge in [-0.15, -0.1) is 0 Å². The normalized spacial score (nSPS) is 67.4. The van der Waals surface area contributed by atoms with Crippen molar-refractivity contribution in [2.24, 2.45) is 21.7 Å². The van der Waals surface area contributed by atoms with Crippen molar-refractivity contribution in [2.75, 3.05) is 0 Å². The molecule has 9 atom stereocenters. The van der Waals surface area contributed by atoms with Crippen molar-refractivity contribution in [2.45, 2.75) is 88.9 Å².